The molecule has 0 unspecified atom stereocenters. The predicted octanol–water partition coefficient (Wildman–Crippen LogP) is 4.49. The van der Waals surface area contributed by atoms with E-state index in [9.17, 15) is 4.39 Å². The molecule has 0 aliphatic heterocycles. The predicted molar refractivity (Wildman–Crippen MR) is 87.1 cm³/mol. The van der Waals surface area contributed by atoms with Gasteiger partial charge in [0.05, 0.1) is 5.69 Å². The standard InChI is InChI=1S/C15H15BrFN3S/c1-10(11-3-5-12(17)6-4-11)19(2)9-13-14(16)20-7-8-21-15(20)18-13/h3-8,10H,9H2,1-2H3/t10-/m0/s1. The highest BCUT2D eigenvalue weighted by Crippen LogP contribution is 2.26. The minimum absolute atomic E-state index is 0.192. The van der Waals surface area contributed by atoms with Crippen LogP contribution in [0.3, 0.4) is 0 Å². The fourth-order valence-corrected chi connectivity index (χ4v) is 3.62. The molecule has 0 saturated carbocycles. The summed E-state index contributed by atoms with van der Waals surface area (Å²) in [6, 6.07) is 6.86. The summed E-state index contributed by atoms with van der Waals surface area (Å²) in [6.07, 6.45) is 2.00. The summed E-state index contributed by atoms with van der Waals surface area (Å²) >= 11 is 5.22. The monoisotopic (exact) mass is 367 g/mol. The van der Waals surface area contributed by atoms with Crippen molar-refractivity contribution in [2.45, 2.75) is 19.5 Å². The number of hydrogen-bond donors (Lipinski definition) is 0. The van der Waals surface area contributed by atoms with E-state index in [0.717, 1.165) is 27.4 Å². The normalized spacial score (nSPS) is 13.2. The summed E-state index contributed by atoms with van der Waals surface area (Å²) in [7, 11) is 2.05. The van der Waals surface area contributed by atoms with E-state index in [2.05, 4.69) is 32.7 Å². The number of imidazole rings is 1. The Labute approximate surface area is 135 Å². The van der Waals surface area contributed by atoms with Crippen LogP contribution in [0.1, 0.15) is 24.2 Å². The van der Waals surface area contributed by atoms with Crippen molar-refractivity contribution in [3.63, 3.8) is 0 Å². The van der Waals surface area contributed by atoms with Gasteiger partial charge >= 0.3 is 0 Å². The lowest BCUT2D eigenvalue weighted by Gasteiger charge is -2.24. The van der Waals surface area contributed by atoms with Crippen molar-refractivity contribution in [3.05, 3.63) is 57.5 Å². The van der Waals surface area contributed by atoms with E-state index >= 15 is 0 Å². The molecule has 3 nitrogen and oxygen atoms in total. The first-order chi connectivity index (χ1) is 10.1. The molecule has 0 saturated heterocycles. The lowest BCUT2D eigenvalue weighted by atomic mass is 10.1. The quantitative estimate of drug-likeness (QED) is 0.676. The van der Waals surface area contributed by atoms with Crippen molar-refractivity contribution in [2.75, 3.05) is 7.05 Å². The molecule has 0 aliphatic carbocycles. The lowest BCUT2D eigenvalue weighted by molar-refractivity contribution is 0.250. The Bertz CT molecular complexity index is 750. The van der Waals surface area contributed by atoms with Crippen LogP contribution in [0.15, 0.2) is 40.4 Å². The van der Waals surface area contributed by atoms with E-state index in [0.29, 0.717) is 0 Å². The van der Waals surface area contributed by atoms with Gasteiger partial charge in [-0.3, -0.25) is 9.30 Å². The van der Waals surface area contributed by atoms with E-state index in [1.54, 1.807) is 11.3 Å². The van der Waals surface area contributed by atoms with Gasteiger partial charge in [0.2, 0.25) is 0 Å². The van der Waals surface area contributed by atoms with E-state index in [1.165, 1.54) is 12.1 Å². The van der Waals surface area contributed by atoms with Crippen molar-refractivity contribution in [1.82, 2.24) is 14.3 Å². The molecule has 3 aromatic rings. The Morgan fingerprint density at radius 2 is 2.10 bits per heavy atom. The van der Waals surface area contributed by atoms with Crippen LogP contribution < -0.4 is 0 Å². The highest BCUT2D eigenvalue weighted by molar-refractivity contribution is 9.10. The molecule has 0 aliphatic rings. The molecule has 6 heteroatoms. The summed E-state index contributed by atoms with van der Waals surface area (Å²) in [4.78, 5) is 7.82. The first kappa shape index (κ1) is 14.7. The topological polar surface area (TPSA) is 20.5 Å². The molecule has 2 heterocycles. The lowest BCUT2D eigenvalue weighted by Crippen LogP contribution is -2.22. The molecule has 0 radical (unpaired) electrons. The van der Waals surface area contributed by atoms with Crippen LogP contribution in [-0.2, 0) is 6.54 Å². The summed E-state index contributed by atoms with van der Waals surface area (Å²) in [6.45, 7) is 2.84. The molecular weight excluding hydrogens is 353 g/mol. The molecule has 0 bridgehead atoms. The van der Waals surface area contributed by atoms with Crippen LogP contribution in [0.25, 0.3) is 4.96 Å². The van der Waals surface area contributed by atoms with Gasteiger partial charge in [0, 0.05) is 24.2 Å². The fraction of sp³-hybridized carbons (Fsp3) is 0.267. The average molecular weight is 368 g/mol. The van der Waals surface area contributed by atoms with Crippen molar-refractivity contribution in [2.24, 2.45) is 0 Å². The van der Waals surface area contributed by atoms with Crippen LogP contribution in [0.4, 0.5) is 4.39 Å². The summed E-state index contributed by atoms with van der Waals surface area (Å²) < 4.78 is 16.0. The van der Waals surface area contributed by atoms with Gasteiger partial charge in [0.25, 0.3) is 0 Å². The van der Waals surface area contributed by atoms with Crippen molar-refractivity contribution in [3.8, 4) is 0 Å². The molecule has 0 N–H and O–H groups in total. The third-order valence-corrected chi connectivity index (χ3v) is 5.28. The maximum atomic E-state index is 13.0. The van der Waals surface area contributed by atoms with E-state index in [-0.39, 0.29) is 11.9 Å². The second kappa shape index (κ2) is 5.87. The summed E-state index contributed by atoms with van der Waals surface area (Å²) in [5, 5.41) is 2.02. The highest BCUT2D eigenvalue weighted by Gasteiger charge is 2.17. The number of fused-ring (bicyclic) bond motifs is 1. The number of nitrogens with zero attached hydrogens (tertiary/aromatic N) is 3. The first-order valence-electron chi connectivity index (χ1n) is 6.62. The van der Waals surface area contributed by atoms with Crippen LogP contribution >= 0.6 is 27.3 Å². The highest BCUT2D eigenvalue weighted by atomic mass is 79.9. The van der Waals surface area contributed by atoms with Crippen LogP contribution in [0.5, 0.6) is 0 Å². The van der Waals surface area contributed by atoms with Gasteiger partial charge in [0.1, 0.15) is 10.4 Å². The zero-order valence-corrected chi connectivity index (χ0v) is 14.2. The molecule has 0 amide bonds. The van der Waals surface area contributed by atoms with Gasteiger partial charge in [0.15, 0.2) is 4.96 Å². The zero-order chi connectivity index (χ0) is 15.0. The Balaban J connectivity index is 1.78. The third-order valence-electron chi connectivity index (χ3n) is 3.68. The average Bonchev–Trinajstić information content (AvgIpc) is 3.03. The SMILES string of the molecule is C[C@@H](c1ccc(F)cc1)N(C)Cc1nc2sccn2c1Br. The smallest absolute Gasteiger partial charge is 0.194 e. The molecule has 3 rings (SSSR count). The second-order valence-corrected chi connectivity index (χ2v) is 6.67. The van der Waals surface area contributed by atoms with E-state index < -0.39 is 0 Å². The molecule has 0 spiro atoms. The molecule has 110 valence electrons. The number of rotatable bonds is 4. The minimum Gasteiger partial charge on any atom is -0.294 e. The Morgan fingerprint density at radius 1 is 1.38 bits per heavy atom. The molecule has 21 heavy (non-hydrogen) atoms. The van der Waals surface area contributed by atoms with Crippen LogP contribution in [0.2, 0.25) is 0 Å². The Hall–Kier alpha value is -1.24. The maximum Gasteiger partial charge on any atom is 0.194 e. The first-order valence-corrected chi connectivity index (χ1v) is 8.29. The Morgan fingerprint density at radius 3 is 2.76 bits per heavy atom. The van der Waals surface area contributed by atoms with Crippen LogP contribution in [0, 0.1) is 5.82 Å². The molecule has 0 fully saturated rings. The fourth-order valence-electron chi connectivity index (χ4n) is 2.27. The Kier molecular flexibility index (Phi) is 4.10. The zero-order valence-electron chi connectivity index (χ0n) is 11.8. The van der Waals surface area contributed by atoms with Gasteiger partial charge in [-0.25, -0.2) is 9.37 Å². The van der Waals surface area contributed by atoms with Crippen molar-refractivity contribution >= 4 is 32.2 Å². The molecule has 1 aromatic carbocycles. The molecular formula is C15H15BrFN3S. The van der Waals surface area contributed by atoms with Crippen molar-refractivity contribution in [1.29, 1.82) is 0 Å². The van der Waals surface area contributed by atoms with Gasteiger partial charge < -0.3 is 0 Å². The maximum absolute atomic E-state index is 13.0. The van der Waals surface area contributed by atoms with Crippen molar-refractivity contribution < 1.29 is 4.39 Å². The number of benzene rings is 1. The number of hydrogen-bond acceptors (Lipinski definition) is 3. The van der Waals surface area contributed by atoms with Gasteiger partial charge in [-0.15, -0.1) is 11.3 Å². The largest absolute Gasteiger partial charge is 0.294 e. The second-order valence-electron chi connectivity index (χ2n) is 5.05. The molecule has 2 aromatic heterocycles. The molecule has 1 atom stereocenters. The minimum atomic E-state index is -0.203. The van der Waals surface area contributed by atoms with Gasteiger partial charge in [-0.1, -0.05) is 12.1 Å². The van der Waals surface area contributed by atoms with Gasteiger partial charge in [-0.2, -0.15) is 0 Å². The van der Waals surface area contributed by atoms with E-state index in [4.69, 9.17) is 0 Å². The number of halogens is 2. The summed E-state index contributed by atoms with van der Waals surface area (Å²) in [5.74, 6) is -0.203. The van der Waals surface area contributed by atoms with E-state index in [1.807, 2.05) is 35.2 Å². The third kappa shape index (κ3) is 2.88. The van der Waals surface area contributed by atoms with Gasteiger partial charge in [-0.05, 0) is 47.6 Å². The number of thiazole rings is 1. The van der Waals surface area contributed by atoms with Crippen LogP contribution in [-0.4, -0.2) is 21.3 Å². The number of aromatic nitrogens is 2. The summed E-state index contributed by atoms with van der Waals surface area (Å²) in [5.41, 5.74) is 2.11.